The van der Waals surface area contributed by atoms with Crippen molar-refractivity contribution >= 4 is 5.91 Å². The number of nitrogens with one attached hydrogen (secondary N) is 2. The predicted octanol–water partition coefficient (Wildman–Crippen LogP) is 0.0705. The van der Waals surface area contributed by atoms with E-state index in [4.69, 9.17) is 4.74 Å². The number of carbonyl (C=O) groups is 1. The minimum atomic E-state index is 0.171. The Hall–Kier alpha value is -0.650. The summed E-state index contributed by atoms with van der Waals surface area (Å²) in [5.41, 5.74) is 0. The molecule has 0 saturated carbocycles. The van der Waals surface area contributed by atoms with E-state index in [1.807, 2.05) is 0 Å². The summed E-state index contributed by atoms with van der Waals surface area (Å²) < 4.78 is 5.02. The first-order chi connectivity index (χ1) is 8.74. The van der Waals surface area contributed by atoms with Gasteiger partial charge in [-0.2, -0.15) is 0 Å². The second-order valence-corrected chi connectivity index (χ2v) is 4.98. The molecule has 1 rings (SSSR count). The van der Waals surface area contributed by atoms with Gasteiger partial charge in [0.25, 0.3) is 0 Å². The molecule has 0 aliphatic carbocycles. The lowest BCUT2D eigenvalue weighted by Gasteiger charge is -2.22. The Morgan fingerprint density at radius 2 is 2.33 bits per heavy atom. The summed E-state index contributed by atoms with van der Waals surface area (Å²) in [5, 5.41) is 6.29. The van der Waals surface area contributed by atoms with Crippen LogP contribution >= 0.6 is 0 Å². The van der Waals surface area contributed by atoms with Gasteiger partial charge < -0.3 is 20.3 Å². The molecule has 0 spiro atoms. The van der Waals surface area contributed by atoms with E-state index in [0.717, 1.165) is 58.6 Å². The topological polar surface area (TPSA) is 53.6 Å². The second kappa shape index (κ2) is 9.30. The Kier molecular flexibility index (Phi) is 7.96. The number of hydrogen-bond donors (Lipinski definition) is 2. The van der Waals surface area contributed by atoms with Crippen molar-refractivity contribution in [3.63, 3.8) is 0 Å². The van der Waals surface area contributed by atoms with Gasteiger partial charge in [-0.25, -0.2) is 0 Å². The Labute approximate surface area is 110 Å². The average Bonchev–Trinajstić information content (AvgIpc) is 2.42. The van der Waals surface area contributed by atoms with Gasteiger partial charge in [0.1, 0.15) is 0 Å². The van der Waals surface area contributed by atoms with Crippen LogP contribution in [0.5, 0.6) is 0 Å². The summed E-state index contributed by atoms with van der Waals surface area (Å²) in [6.07, 6.45) is 3.12. The van der Waals surface area contributed by atoms with Crippen LogP contribution in [0.1, 0.15) is 19.3 Å². The Morgan fingerprint density at radius 1 is 1.50 bits per heavy atom. The van der Waals surface area contributed by atoms with Crippen molar-refractivity contribution in [3.05, 3.63) is 0 Å². The first kappa shape index (κ1) is 15.4. The van der Waals surface area contributed by atoms with Gasteiger partial charge in [-0.3, -0.25) is 4.79 Å². The van der Waals surface area contributed by atoms with Crippen LogP contribution in [0.2, 0.25) is 0 Å². The molecule has 18 heavy (non-hydrogen) atoms. The van der Waals surface area contributed by atoms with Crippen molar-refractivity contribution in [2.75, 3.05) is 53.5 Å². The van der Waals surface area contributed by atoms with Crippen molar-refractivity contribution in [3.8, 4) is 0 Å². The second-order valence-electron chi connectivity index (χ2n) is 4.98. The van der Waals surface area contributed by atoms with Crippen LogP contribution in [-0.2, 0) is 9.53 Å². The highest BCUT2D eigenvalue weighted by atomic mass is 16.5. The number of piperidine rings is 1. The fraction of sp³-hybridized carbons (Fsp3) is 0.923. The highest BCUT2D eigenvalue weighted by Gasteiger charge is 2.19. The highest BCUT2D eigenvalue weighted by Crippen LogP contribution is 2.09. The molecule has 1 amide bonds. The molecule has 5 heteroatoms. The molecule has 106 valence electrons. The zero-order valence-electron chi connectivity index (χ0n) is 11.7. The largest absolute Gasteiger partial charge is 0.383 e. The zero-order chi connectivity index (χ0) is 13.2. The molecule has 2 N–H and O–H groups in total. The molecule has 5 nitrogen and oxygen atoms in total. The van der Waals surface area contributed by atoms with E-state index < -0.39 is 0 Å². The van der Waals surface area contributed by atoms with Crippen LogP contribution in [0.15, 0.2) is 0 Å². The van der Waals surface area contributed by atoms with Crippen molar-refractivity contribution < 1.29 is 9.53 Å². The van der Waals surface area contributed by atoms with Gasteiger partial charge >= 0.3 is 0 Å². The molecular weight excluding hydrogens is 230 g/mol. The first-order valence-corrected chi connectivity index (χ1v) is 6.90. The SMILES string of the molecule is COCCN(C)CCCNC(=O)C1CCCNC1. The third-order valence-electron chi connectivity index (χ3n) is 3.36. The molecule has 1 aliphatic rings. The summed E-state index contributed by atoms with van der Waals surface area (Å²) in [7, 11) is 3.79. The summed E-state index contributed by atoms with van der Waals surface area (Å²) in [5.74, 6) is 0.381. The lowest BCUT2D eigenvalue weighted by atomic mass is 9.99. The normalized spacial score (nSPS) is 20.1. The molecule has 1 aliphatic heterocycles. The van der Waals surface area contributed by atoms with Crippen LogP contribution in [0.4, 0.5) is 0 Å². The first-order valence-electron chi connectivity index (χ1n) is 6.90. The van der Waals surface area contributed by atoms with Gasteiger partial charge in [-0.1, -0.05) is 0 Å². The smallest absolute Gasteiger partial charge is 0.224 e. The van der Waals surface area contributed by atoms with E-state index in [1.165, 1.54) is 0 Å². The Bertz CT molecular complexity index is 230. The van der Waals surface area contributed by atoms with E-state index in [1.54, 1.807) is 7.11 Å². The fourth-order valence-electron chi connectivity index (χ4n) is 2.14. The predicted molar refractivity (Wildman–Crippen MR) is 72.6 cm³/mol. The minimum Gasteiger partial charge on any atom is -0.383 e. The maximum atomic E-state index is 11.8. The van der Waals surface area contributed by atoms with E-state index in [9.17, 15) is 4.79 Å². The molecule has 0 bridgehead atoms. The third-order valence-corrected chi connectivity index (χ3v) is 3.36. The summed E-state index contributed by atoms with van der Waals surface area (Å²) in [4.78, 5) is 14.1. The van der Waals surface area contributed by atoms with Crippen molar-refractivity contribution in [2.45, 2.75) is 19.3 Å². The molecule has 1 fully saturated rings. The average molecular weight is 257 g/mol. The maximum absolute atomic E-state index is 11.8. The van der Waals surface area contributed by atoms with Crippen molar-refractivity contribution in [1.82, 2.24) is 15.5 Å². The standard InChI is InChI=1S/C13H27N3O2/c1-16(9-10-18-2)8-4-7-15-13(17)12-5-3-6-14-11-12/h12,14H,3-11H2,1-2H3,(H,15,17). The lowest BCUT2D eigenvalue weighted by Crippen LogP contribution is -2.41. The lowest BCUT2D eigenvalue weighted by molar-refractivity contribution is -0.125. The van der Waals surface area contributed by atoms with E-state index in [2.05, 4.69) is 22.6 Å². The Balaban J connectivity index is 2.01. The van der Waals surface area contributed by atoms with Crippen LogP contribution in [0, 0.1) is 5.92 Å². The Morgan fingerprint density at radius 3 is 3.00 bits per heavy atom. The number of ether oxygens (including phenoxy) is 1. The number of likely N-dealkylation sites (N-methyl/N-ethyl adjacent to an activating group) is 1. The monoisotopic (exact) mass is 257 g/mol. The summed E-state index contributed by atoms with van der Waals surface area (Å²) in [6, 6.07) is 0. The molecule has 0 aromatic rings. The fourth-order valence-corrected chi connectivity index (χ4v) is 2.14. The van der Waals surface area contributed by atoms with Gasteiger partial charge in [-0.15, -0.1) is 0 Å². The van der Waals surface area contributed by atoms with E-state index in [-0.39, 0.29) is 11.8 Å². The molecular formula is C13H27N3O2. The number of nitrogens with zero attached hydrogens (tertiary/aromatic N) is 1. The van der Waals surface area contributed by atoms with Crippen LogP contribution in [0.25, 0.3) is 0 Å². The quantitative estimate of drug-likeness (QED) is 0.604. The third kappa shape index (κ3) is 6.33. The summed E-state index contributed by atoms with van der Waals surface area (Å²) >= 11 is 0. The molecule has 1 unspecified atom stereocenters. The number of amides is 1. The molecule has 1 atom stereocenters. The van der Waals surface area contributed by atoms with Crippen LogP contribution in [0.3, 0.4) is 0 Å². The molecule has 1 saturated heterocycles. The molecule has 0 aromatic carbocycles. The van der Waals surface area contributed by atoms with Gasteiger partial charge in [0, 0.05) is 26.7 Å². The van der Waals surface area contributed by atoms with Gasteiger partial charge in [0.05, 0.1) is 12.5 Å². The number of rotatable bonds is 8. The van der Waals surface area contributed by atoms with E-state index in [0.29, 0.717) is 0 Å². The van der Waals surface area contributed by atoms with Gasteiger partial charge in [-0.05, 0) is 39.4 Å². The molecule has 0 radical (unpaired) electrons. The number of methoxy groups -OCH3 is 1. The van der Waals surface area contributed by atoms with Crippen LogP contribution in [-0.4, -0.2) is 64.3 Å². The van der Waals surface area contributed by atoms with Gasteiger partial charge in [0.2, 0.25) is 5.91 Å². The summed E-state index contributed by atoms with van der Waals surface area (Å²) in [6.45, 7) is 5.35. The number of hydrogen-bond acceptors (Lipinski definition) is 4. The highest BCUT2D eigenvalue weighted by molar-refractivity contribution is 5.78. The molecule has 0 aromatic heterocycles. The maximum Gasteiger partial charge on any atom is 0.224 e. The van der Waals surface area contributed by atoms with Gasteiger partial charge in [0.15, 0.2) is 0 Å². The number of carbonyl (C=O) groups excluding carboxylic acids is 1. The van der Waals surface area contributed by atoms with Crippen LogP contribution < -0.4 is 10.6 Å². The zero-order valence-corrected chi connectivity index (χ0v) is 11.7. The molecule has 1 heterocycles. The minimum absolute atomic E-state index is 0.171. The van der Waals surface area contributed by atoms with Crippen molar-refractivity contribution in [1.29, 1.82) is 0 Å². The van der Waals surface area contributed by atoms with E-state index >= 15 is 0 Å². The van der Waals surface area contributed by atoms with Crippen molar-refractivity contribution in [2.24, 2.45) is 5.92 Å².